The SMILES string of the molecule is CC1CCN(C(=O)Cn2ncc3ccccc3c2=O)CC1. The van der Waals surface area contributed by atoms with E-state index in [1.807, 2.05) is 23.1 Å². The van der Waals surface area contributed by atoms with E-state index in [0.717, 1.165) is 31.3 Å². The number of carbonyl (C=O) groups is 1. The first-order chi connectivity index (χ1) is 10.1. The largest absolute Gasteiger partial charge is 0.341 e. The number of rotatable bonds is 2. The molecule has 5 nitrogen and oxygen atoms in total. The molecule has 0 radical (unpaired) electrons. The molecule has 1 amide bonds. The third-order valence-corrected chi connectivity index (χ3v) is 4.18. The van der Waals surface area contributed by atoms with Crippen LogP contribution in [0, 0.1) is 5.92 Å². The lowest BCUT2D eigenvalue weighted by molar-refractivity contribution is -0.133. The van der Waals surface area contributed by atoms with E-state index in [9.17, 15) is 9.59 Å². The van der Waals surface area contributed by atoms with Crippen LogP contribution < -0.4 is 5.56 Å². The van der Waals surface area contributed by atoms with E-state index in [4.69, 9.17) is 0 Å². The maximum atomic E-state index is 12.3. The van der Waals surface area contributed by atoms with Crippen molar-refractivity contribution in [2.75, 3.05) is 13.1 Å². The van der Waals surface area contributed by atoms with Crippen molar-refractivity contribution in [2.45, 2.75) is 26.3 Å². The number of aromatic nitrogens is 2. The Kier molecular flexibility index (Phi) is 3.73. The van der Waals surface area contributed by atoms with E-state index in [1.54, 1.807) is 12.3 Å². The van der Waals surface area contributed by atoms with E-state index in [1.165, 1.54) is 4.68 Å². The molecule has 1 aromatic heterocycles. The van der Waals surface area contributed by atoms with Crippen LogP contribution in [-0.2, 0) is 11.3 Å². The van der Waals surface area contributed by atoms with Crippen LogP contribution in [0.25, 0.3) is 10.8 Å². The molecule has 0 atom stereocenters. The van der Waals surface area contributed by atoms with Crippen LogP contribution in [0.5, 0.6) is 0 Å². The molecule has 21 heavy (non-hydrogen) atoms. The van der Waals surface area contributed by atoms with Crippen LogP contribution in [-0.4, -0.2) is 33.7 Å². The van der Waals surface area contributed by atoms with Crippen molar-refractivity contribution >= 4 is 16.7 Å². The van der Waals surface area contributed by atoms with E-state index < -0.39 is 0 Å². The van der Waals surface area contributed by atoms with Crippen LogP contribution in [0.4, 0.5) is 0 Å². The highest BCUT2D eigenvalue weighted by molar-refractivity contribution is 5.81. The van der Waals surface area contributed by atoms with E-state index in [-0.39, 0.29) is 18.0 Å². The first-order valence-electron chi connectivity index (χ1n) is 7.38. The summed E-state index contributed by atoms with van der Waals surface area (Å²) in [5.74, 6) is 0.655. The van der Waals surface area contributed by atoms with Crippen molar-refractivity contribution < 1.29 is 4.79 Å². The second kappa shape index (κ2) is 5.68. The third kappa shape index (κ3) is 2.82. The second-order valence-electron chi connectivity index (χ2n) is 5.76. The van der Waals surface area contributed by atoms with Crippen LogP contribution in [0.3, 0.4) is 0 Å². The van der Waals surface area contributed by atoms with Crippen LogP contribution in [0.1, 0.15) is 19.8 Å². The summed E-state index contributed by atoms with van der Waals surface area (Å²) in [5.41, 5.74) is -0.202. The molecule has 1 saturated heterocycles. The van der Waals surface area contributed by atoms with Gasteiger partial charge in [-0.05, 0) is 24.8 Å². The molecule has 1 aliphatic rings. The smallest absolute Gasteiger partial charge is 0.275 e. The molecule has 1 fully saturated rings. The van der Waals surface area contributed by atoms with Gasteiger partial charge in [-0.25, -0.2) is 4.68 Å². The maximum Gasteiger partial charge on any atom is 0.275 e. The first-order valence-corrected chi connectivity index (χ1v) is 7.38. The number of nitrogens with zero attached hydrogens (tertiary/aromatic N) is 3. The summed E-state index contributed by atoms with van der Waals surface area (Å²) < 4.78 is 1.27. The Hall–Kier alpha value is -2.17. The number of fused-ring (bicyclic) bond motifs is 1. The first kappa shape index (κ1) is 13.8. The minimum Gasteiger partial charge on any atom is -0.341 e. The van der Waals surface area contributed by atoms with Gasteiger partial charge in [-0.15, -0.1) is 0 Å². The summed E-state index contributed by atoms with van der Waals surface area (Å²) >= 11 is 0. The zero-order valence-corrected chi connectivity index (χ0v) is 12.2. The van der Waals surface area contributed by atoms with Crippen molar-refractivity contribution in [1.82, 2.24) is 14.7 Å². The van der Waals surface area contributed by atoms with Gasteiger partial charge in [0.1, 0.15) is 6.54 Å². The zero-order valence-electron chi connectivity index (χ0n) is 12.2. The monoisotopic (exact) mass is 285 g/mol. The summed E-state index contributed by atoms with van der Waals surface area (Å²) in [6, 6.07) is 7.31. The van der Waals surface area contributed by atoms with E-state index >= 15 is 0 Å². The minimum atomic E-state index is -0.202. The quantitative estimate of drug-likeness (QED) is 0.843. The number of likely N-dealkylation sites (tertiary alicyclic amines) is 1. The van der Waals surface area contributed by atoms with Gasteiger partial charge in [0.2, 0.25) is 5.91 Å². The average molecular weight is 285 g/mol. The van der Waals surface area contributed by atoms with Gasteiger partial charge >= 0.3 is 0 Å². The number of hydrogen-bond donors (Lipinski definition) is 0. The Balaban J connectivity index is 1.80. The Morgan fingerprint density at radius 2 is 2.00 bits per heavy atom. The van der Waals surface area contributed by atoms with Gasteiger partial charge in [-0.2, -0.15) is 5.10 Å². The molecule has 2 heterocycles. The predicted octanol–water partition coefficient (Wildman–Crippen LogP) is 1.65. The van der Waals surface area contributed by atoms with Crippen LogP contribution in [0.2, 0.25) is 0 Å². The highest BCUT2D eigenvalue weighted by Gasteiger charge is 2.21. The molecule has 0 spiro atoms. The van der Waals surface area contributed by atoms with Gasteiger partial charge in [0.25, 0.3) is 5.56 Å². The zero-order chi connectivity index (χ0) is 14.8. The Morgan fingerprint density at radius 3 is 2.76 bits per heavy atom. The number of piperidine rings is 1. The average Bonchev–Trinajstić information content (AvgIpc) is 2.51. The highest BCUT2D eigenvalue weighted by Crippen LogP contribution is 2.16. The lowest BCUT2D eigenvalue weighted by Gasteiger charge is -2.30. The number of benzene rings is 1. The van der Waals surface area contributed by atoms with Crippen molar-refractivity contribution in [1.29, 1.82) is 0 Å². The number of amides is 1. The molecule has 2 aromatic rings. The summed E-state index contributed by atoms with van der Waals surface area (Å²) in [4.78, 5) is 26.5. The molecule has 0 unspecified atom stereocenters. The molecule has 1 aliphatic heterocycles. The Labute approximate surface area is 123 Å². The molecule has 1 aromatic carbocycles. The fourth-order valence-electron chi connectivity index (χ4n) is 2.73. The van der Waals surface area contributed by atoms with Gasteiger partial charge < -0.3 is 4.90 Å². The van der Waals surface area contributed by atoms with Crippen molar-refractivity contribution in [3.8, 4) is 0 Å². The lowest BCUT2D eigenvalue weighted by Crippen LogP contribution is -2.41. The molecular formula is C16H19N3O2. The Morgan fingerprint density at radius 1 is 1.29 bits per heavy atom. The number of carbonyl (C=O) groups excluding carboxylic acids is 1. The van der Waals surface area contributed by atoms with Crippen LogP contribution >= 0.6 is 0 Å². The van der Waals surface area contributed by atoms with Gasteiger partial charge in [0, 0.05) is 18.5 Å². The fraction of sp³-hybridized carbons (Fsp3) is 0.438. The molecular weight excluding hydrogens is 266 g/mol. The minimum absolute atomic E-state index is 0.0215. The van der Waals surface area contributed by atoms with Crippen molar-refractivity contribution in [3.05, 3.63) is 40.8 Å². The standard InChI is InChI=1S/C16H19N3O2/c1-12-6-8-18(9-7-12)15(20)11-19-16(21)14-5-3-2-4-13(14)10-17-19/h2-5,10,12H,6-9,11H2,1H3. The van der Waals surface area contributed by atoms with Gasteiger partial charge in [-0.1, -0.05) is 25.1 Å². The molecule has 0 aliphatic carbocycles. The highest BCUT2D eigenvalue weighted by atomic mass is 16.2. The van der Waals surface area contributed by atoms with Gasteiger partial charge in [0.15, 0.2) is 0 Å². The lowest BCUT2D eigenvalue weighted by atomic mass is 9.99. The Bertz CT molecular complexity index is 715. The van der Waals surface area contributed by atoms with Gasteiger partial charge in [-0.3, -0.25) is 9.59 Å². The second-order valence-corrected chi connectivity index (χ2v) is 5.76. The summed E-state index contributed by atoms with van der Waals surface area (Å²) in [6.45, 7) is 3.79. The van der Waals surface area contributed by atoms with Crippen LogP contribution in [0.15, 0.2) is 35.3 Å². The molecule has 3 rings (SSSR count). The summed E-state index contributed by atoms with van der Waals surface area (Å²) in [6.07, 6.45) is 3.71. The summed E-state index contributed by atoms with van der Waals surface area (Å²) in [7, 11) is 0. The molecule has 0 N–H and O–H groups in total. The maximum absolute atomic E-state index is 12.3. The number of hydrogen-bond acceptors (Lipinski definition) is 3. The van der Waals surface area contributed by atoms with Gasteiger partial charge in [0.05, 0.1) is 11.6 Å². The topological polar surface area (TPSA) is 55.2 Å². The van der Waals surface area contributed by atoms with E-state index in [2.05, 4.69) is 12.0 Å². The molecule has 0 bridgehead atoms. The third-order valence-electron chi connectivity index (χ3n) is 4.18. The normalized spacial score (nSPS) is 16.3. The molecule has 0 saturated carbocycles. The molecule has 5 heteroatoms. The predicted molar refractivity (Wildman–Crippen MR) is 81.0 cm³/mol. The fourth-order valence-corrected chi connectivity index (χ4v) is 2.73. The summed E-state index contributed by atoms with van der Waals surface area (Å²) in [5, 5.41) is 5.52. The molecule has 110 valence electrons. The van der Waals surface area contributed by atoms with Crippen molar-refractivity contribution in [2.24, 2.45) is 5.92 Å². The van der Waals surface area contributed by atoms with Crippen molar-refractivity contribution in [3.63, 3.8) is 0 Å². The van der Waals surface area contributed by atoms with E-state index in [0.29, 0.717) is 11.3 Å².